The molecular formula is C43H41IN2. The predicted molar refractivity (Wildman–Crippen MR) is 207 cm³/mol. The lowest BCUT2D eigenvalue weighted by atomic mass is 9.90. The molecule has 7 rings (SSSR count). The van der Waals surface area contributed by atoms with Crippen LogP contribution in [0.2, 0.25) is 0 Å². The second-order valence-electron chi connectivity index (χ2n) is 13.1. The maximum atomic E-state index is 2.63. The van der Waals surface area contributed by atoms with Crippen LogP contribution in [0.4, 0.5) is 22.7 Å². The summed E-state index contributed by atoms with van der Waals surface area (Å²) in [7, 11) is 0. The van der Waals surface area contributed by atoms with E-state index >= 15 is 0 Å². The molecule has 2 nitrogen and oxygen atoms in total. The van der Waals surface area contributed by atoms with Crippen molar-refractivity contribution in [1.82, 2.24) is 0 Å². The summed E-state index contributed by atoms with van der Waals surface area (Å²) in [5.41, 5.74) is 11.5. The highest BCUT2D eigenvalue weighted by atomic mass is 127. The SMILES string of the molecule is Cc1cccc(N(Cc2c3ccccc3c(N(C3=CC(I)CC(C)C3)c3cccc(C)c3)c3ccccc23)c2cccc(C)c2)c1. The molecule has 0 N–H and O–H groups in total. The Morgan fingerprint density at radius 3 is 1.59 bits per heavy atom. The van der Waals surface area contributed by atoms with E-state index in [1.165, 1.54) is 78.7 Å². The first-order chi connectivity index (χ1) is 22.4. The third-order valence-electron chi connectivity index (χ3n) is 9.29. The van der Waals surface area contributed by atoms with Gasteiger partial charge in [-0.2, -0.15) is 0 Å². The topological polar surface area (TPSA) is 6.48 Å². The van der Waals surface area contributed by atoms with Crippen molar-refractivity contribution in [2.45, 2.75) is 51.0 Å². The minimum absolute atomic E-state index is 0.512. The largest absolute Gasteiger partial charge is 0.337 e. The van der Waals surface area contributed by atoms with Crippen molar-refractivity contribution in [2.75, 3.05) is 9.80 Å². The van der Waals surface area contributed by atoms with Crippen molar-refractivity contribution in [1.29, 1.82) is 0 Å². The van der Waals surface area contributed by atoms with Gasteiger partial charge in [0.25, 0.3) is 0 Å². The number of aryl methyl sites for hydroxylation is 3. The van der Waals surface area contributed by atoms with Crippen LogP contribution in [0.25, 0.3) is 21.5 Å². The number of anilines is 4. The number of allylic oxidation sites excluding steroid dienone is 2. The van der Waals surface area contributed by atoms with Gasteiger partial charge in [0.1, 0.15) is 0 Å². The minimum atomic E-state index is 0.512. The molecule has 2 unspecified atom stereocenters. The van der Waals surface area contributed by atoms with E-state index in [1.54, 1.807) is 0 Å². The third-order valence-corrected chi connectivity index (χ3v) is 10.2. The van der Waals surface area contributed by atoms with Crippen LogP contribution in [0.15, 0.2) is 133 Å². The first-order valence-corrected chi connectivity index (χ1v) is 17.6. The van der Waals surface area contributed by atoms with Gasteiger partial charge in [0.2, 0.25) is 0 Å². The number of nitrogens with zero attached hydrogens (tertiary/aromatic N) is 2. The molecule has 0 aliphatic heterocycles. The second-order valence-corrected chi connectivity index (χ2v) is 14.7. The summed E-state index contributed by atoms with van der Waals surface area (Å²) in [6.07, 6.45) is 4.80. The van der Waals surface area contributed by atoms with Crippen LogP contribution in [-0.2, 0) is 6.54 Å². The quantitative estimate of drug-likeness (QED) is 0.0924. The standard InChI is InChI=1S/C43H41IN2/c1-29-12-9-15-34(23-29)45(35-16-10-13-30(2)24-35)28-42-38-18-5-7-20-40(38)43(41-21-8-6-19-39(41)42)46(36-17-11-14-31(3)25-36)37-26-32(4)22-33(44)27-37/h5-21,23-25,27,32-33H,22,26,28H2,1-4H3. The van der Waals surface area contributed by atoms with E-state index in [0.717, 1.165) is 13.0 Å². The van der Waals surface area contributed by atoms with Gasteiger partial charge in [0, 0.05) is 44.0 Å². The number of fused-ring (bicyclic) bond motifs is 2. The number of halogens is 1. The van der Waals surface area contributed by atoms with E-state index in [1.807, 2.05) is 0 Å². The van der Waals surface area contributed by atoms with Gasteiger partial charge in [0.05, 0.1) is 5.69 Å². The first-order valence-electron chi connectivity index (χ1n) is 16.4. The molecular weight excluding hydrogens is 671 g/mol. The van der Waals surface area contributed by atoms with E-state index in [2.05, 4.69) is 187 Å². The zero-order valence-electron chi connectivity index (χ0n) is 27.2. The molecule has 0 bridgehead atoms. The Labute approximate surface area is 287 Å². The van der Waals surface area contributed by atoms with Crippen molar-refractivity contribution in [3.05, 3.63) is 155 Å². The fourth-order valence-corrected chi connectivity index (χ4v) is 8.51. The van der Waals surface area contributed by atoms with Crippen LogP contribution in [0.5, 0.6) is 0 Å². The minimum Gasteiger partial charge on any atom is -0.337 e. The molecule has 230 valence electrons. The van der Waals surface area contributed by atoms with Gasteiger partial charge in [-0.05, 0) is 109 Å². The molecule has 2 atom stereocenters. The summed E-state index contributed by atoms with van der Waals surface area (Å²) < 4.78 is 0.512. The molecule has 0 heterocycles. The van der Waals surface area contributed by atoms with Crippen molar-refractivity contribution < 1.29 is 0 Å². The molecule has 0 radical (unpaired) electrons. The zero-order chi connectivity index (χ0) is 31.8. The molecule has 1 aliphatic rings. The van der Waals surface area contributed by atoms with Crippen molar-refractivity contribution in [3.63, 3.8) is 0 Å². The normalized spacial score (nSPS) is 16.4. The van der Waals surface area contributed by atoms with Gasteiger partial charge in [-0.1, -0.05) is 121 Å². The first kappa shape index (κ1) is 30.6. The Hall–Kier alpha value is -4.09. The Balaban J connectivity index is 1.51. The Kier molecular flexibility index (Phi) is 8.61. The van der Waals surface area contributed by atoms with Crippen LogP contribution in [-0.4, -0.2) is 3.92 Å². The number of rotatable bonds is 7. The highest BCUT2D eigenvalue weighted by molar-refractivity contribution is 14.1. The average molecular weight is 713 g/mol. The summed E-state index contributed by atoms with van der Waals surface area (Å²) in [6, 6.07) is 45.0. The fourth-order valence-electron chi connectivity index (χ4n) is 7.23. The van der Waals surface area contributed by atoms with Gasteiger partial charge >= 0.3 is 0 Å². The van der Waals surface area contributed by atoms with E-state index in [4.69, 9.17) is 0 Å². The van der Waals surface area contributed by atoms with Crippen molar-refractivity contribution in [3.8, 4) is 0 Å². The summed E-state index contributed by atoms with van der Waals surface area (Å²) in [6.45, 7) is 9.72. The van der Waals surface area contributed by atoms with E-state index in [0.29, 0.717) is 9.84 Å². The van der Waals surface area contributed by atoms with Gasteiger partial charge < -0.3 is 9.80 Å². The van der Waals surface area contributed by atoms with Crippen LogP contribution in [0.3, 0.4) is 0 Å². The average Bonchev–Trinajstić information content (AvgIpc) is 3.04. The number of alkyl halides is 1. The van der Waals surface area contributed by atoms with Crippen LogP contribution < -0.4 is 9.80 Å². The second kappa shape index (κ2) is 13.0. The van der Waals surface area contributed by atoms with E-state index in [9.17, 15) is 0 Å². The molecule has 0 saturated heterocycles. The van der Waals surface area contributed by atoms with Gasteiger partial charge in [-0.3, -0.25) is 0 Å². The molecule has 6 aromatic rings. The summed E-state index contributed by atoms with van der Waals surface area (Å²) in [5.74, 6) is 0.628. The molecule has 0 aromatic heterocycles. The lowest BCUT2D eigenvalue weighted by Gasteiger charge is -2.36. The molecule has 1 aliphatic carbocycles. The Morgan fingerprint density at radius 1 is 0.609 bits per heavy atom. The number of hydrogen-bond acceptors (Lipinski definition) is 2. The third kappa shape index (κ3) is 6.05. The maximum Gasteiger partial charge on any atom is 0.0615 e. The predicted octanol–water partition coefficient (Wildman–Crippen LogP) is 12.5. The van der Waals surface area contributed by atoms with Gasteiger partial charge in [-0.25, -0.2) is 0 Å². The number of hydrogen-bond donors (Lipinski definition) is 0. The Morgan fingerprint density at radius 2 is 1.09 bits per heavy atom. The monoisotopic (exact) mass is 712 g/mol. The van der Waals surface area contributed by atoms with Crippen LogP contribution in [0, 0.1) is 26.7 Å². The molecule has 0 fully saturated rings. The molecule has 0 saturated carbocycles. The highest BCUT2D eigenvalue weighted by Crippen LogP contribution is 2.47. The summed E-state index contributed by atoms with van der Waals surface area (Å²) in [4.78, 5) is 5.07. The van der Waals surface area contributed by atoms with Crippen LogP contribution in [0.1, 0.15) is 42.0 Å². The smallest absolute Gasteiger partial charge is 0.0615 e. The highest BCUT2D eigenvalue weighted by Gasteiger charge is 2.27. The molecule has 0 amide bonds. The molecule has 46 heavy (non-hydrogen) atoms. The lowest BCUT2D eigenvalue weighted by molar-refractivity contribution is 0.518. The van der Waals surface area contributed by atoms with Gasteiger partial charge in [0.15, 0.2) is 0 Å². The number of benzene rings is 6. The summed E-state index contributed by atoms with van der Waals surface area (Å²) in [5, 5.41) is 5.18. The van der Waals surface area contributed by atoms with E-state index in [-0.39, 0.29) is 0 Å². The van der Waals surface area contributed by atoms with E-state index < -0.39 is 0 Å². The van der Waals surface area contributed by atoms with Crippen molar-refractivity contribution in [2.24, 2.45) is 5.92 Å². The zero-order valence-corrected chi connectivity index (χ0v) is 29.3. The molecule has 0 spiro atoms. The van der Waals surface area contributed by atoms with Gasteiger partial charge in [-0.15, -0.1) is 0 Å². The van der Waals surface area contributed by atoms with Crippen LogP contribution >= 0.6 is 22.6 Å². The molecule has 6 aromatic carbocycles. The van der Waals surface area contributed by atoms with Crippen molar-refractivity contribution >= 4 is 66.9 Å². The maximum absolute atomic E-state index is 2.63. The lowest BCUT2D eigenvalue weighted by Crippen LogP contribution is -2.24. The Bertz CT molecular complexity index is 1970. The fraction of sp³-hybridized carbons (Fsp3) is 0.209. The summed E-state index contributed by atoms with van der Waals surface area (Å²) >= 11 is 2.63. The molecule has 3 heteroatoms.